The molecule has 0 saturated carbocycles. The second-order valence-corrected chi connectivity index (χ2v) is 5.04. The first-order valence-corrected chi connectivity index (χ1v) is 7.61. The number of nitrogens with one attached hydrogen (secondary N) is 3. The Balaban J connectivity index is 2.05. The Bertz CT molecular complexity index is 590. The third kappa shape index (κ3) is 5.23. The van der Waals surface area contributed by atoms with E-state index in [1.807, 2.05) is 60.7 Å². The predicted octanol–water partition coefficient (Wildman–Crippen LogP) is 2.21. The number of hydrogen-bond donors (Lipinski definition) is 3. The molecular weight excluding hydrogens is 290 g/mol. The molecule has 3 amide bonds. The van der Waals surface area contributed by atoms with Gasteiger partial charge in [0.2, 0.25) is 5.91 Å². The van der Waals surface area contributed by atoms with Crippen molar-refractivity contribution in [2.24, 2.45) is 0 Å². The first-order valence-electron chi connectivity index (χ1n) is 7.61. The summed E-state index contributed by atoms with van der Waals surface area (Å²) in [5.74, 6) is -0.368. The summed E-state index contributed by atoms with van der Waals surface area (Å²) in [6, 6.07) is 19.2. The van der Waals surface area contributed by atoms with Gasteiger partial charge in [-0.25, -0.2) is 4.79 Å². The van der Waals surface area contributed by atoms with Gasteiger partial charge in [-0.05, 0) is 18.1 Å². The second-order valence-electron chi connectivity index (χ2n) is 5.04. The molecule has 0 saturated heterocycles. The average molecular weight is 311 g/mol. The summed E-state index contributed by atoms with van der Waals surface area (Å²) in [4.78, 5) is 23.2. The quantitative estimate of drug-likeness (QED) is 0.766. The van der Waals surface area contributed by atoms with Gasteiger partial charge in [-0.3, -0.25) is 15.4 Å². The predicted molar refractivity (Wildman–Crippen MR) is 89.9 cm³/mol. The van der Waals surface area contributed by atoms with Crippen LogP contribution in [0, 0.1) is 0 Å². The molecule has 2 aromatic rings. The standard InChI is InChI=1S/C18H21N3O2/c1-2-19-18(23)21-16(22)13-20-17(14-9-5-3-6-10-14)15-11-7-4-8-12-15/h3-12,17,20H,2,13H2,1H3,(H2,19,21,22,23). The topological polar surface area (TPSA) is 70.2 Å². The van der Waals surface area contributed by atoms with Crippen molar-refractivity contribution in [1.82, 2.24) is 16.0 Å². The van der Waals surface area contributed by atoms with Crippen molar-refractivity contribution in [2.75, 3.05) is 13.1 Å². The molecule has 5 nitrogen and oxygen atoms in total. The van der Waals surface area contributed by atoms with Crippen LogP contribution in [0.25, 0.3) is 0 Å². The highest BCUT2D eigenvalue weighted by molar-refractivity contribution is 5.95. The Hall–Kier alpha value is -2.66. The molecule has 0 spiro atoms. The molecule has 0 fully saturated rings. The summed E-state index contributed by atoms with van der Waals surface area (Å²) in [6.07, 6.45) is 0. The van der Waals surface area contributed by atoms with Crippen LogP contribution in [-0.4, -0.2) is 25.0 Å². The van der Waals surface area contributed by atoms with Crippen molar-refractivity contribution in [3.05, 3.63) is 71.8 Å². The summed E-state index contributed by atoms with van der Waals surface area (Å²) in [7, 11) is 0. The minimum Gasteiger partial charge on any atom is -0.338 e. The Morgan fingerprint density at radius 1 is 0.913 bits per heavy atom. The molecule has 23 heavy (non-hydrogen) atoms. The number of rotatable bonds is 6. The van der Waals surface area contributed by atoms with Crippen molar-refractivity contribution >= 4 is 11.9 Å². The minimum absolute atomic E-state index is 0.0472. The van der Waals surface area contributed by atoms with E-state index in [-0.39, 0.29) is 18.5 Å². The van der Waals surface area contributed by atoms with Crippen molar-refractivity contribution in [3.8, 4) is 0 Å². The van der Waals surface area contributed by atoms with E-state index in [9.17, 15) is 9.59 Å². The molecule has 0 atom stereocenters. The molecule has 0 aliphatic carbocycles. The normalized spacial score (nSPS) is 10.3. The van der Waals surface area contributed by atoms with Gasteiger partial charge in [0, 0.05) is 6.54 Å². The van der Waals surface area contributed by atoms with E-state index >= 15 is 0 Å². The van der Waals surface area contributed by atoms with E-state index < -0.39 is 6.03 Å². The fourth-order valence-electron chi connectivity index (χ4n) is 2.29. The summed E-state index contributed by atoms with van der Waals surface area (Å²) in [6.45, 7) is 2.32. The maximum absolute atomic E-state index is 11.9. The zero-order valence-electron chi connectivity index (χ0n) is 13.1. The molecule has 0 aliphatic heterocycles. The molecule has 0 unspecified atom stereocenters. The third-order valence-corrected chi connectivity index (χ3v) is 3.32. The lowest BCUT2D eigenvalue weighted by atomic mass is 9.99. The number of benzene rings is 2. The second kappa shape index (κ2) is 8.70. The summed E-state index contributed by atoms with van der Waals surface area (Å²) >= 11 is 0. The van der Waals surface area contributed by atoms with Gasteiger partial charge in [0.15, 0.2) is 0 Å². The molecular formula is C18H21N3O2. The number of hydrogen-bond acceptors (Lipinski definition) is 3. The third-order valence-electron chi connectivity index (χ3n) is 3.32. The molecule has 0 aliphatic rings. The maximum Gasteiger partial charge on any atom is 0.321 e. The monoisotopic (exact) mass is 311 g/mol. The van der Waals surface area contributed by atoms with Crippen molar-refractivity contribution < 1.29 is 9.59 Å². The van der Waals surface area contributed by atoms with Crippen LogP contribution in [0.2, 0.25) is 0 Å². The number of carbonyl (C=O) groups is 2. The molecule has 0 bridgehead atoms. The van der Waals surface area contributed by atoms with E-state index in [0.29, 0.717) is 6.54 Å². The molecule has 2 aromatic carbocycles. The van der Waals surface area contributed by atoms with Gasteiger partial charge in [-0.2, -0.15) is 0 Å². The van der Waals surface area contributed by atoms with Crippen molar-refractivity contribution in [1.29, 1.82) is 0 Å². The van der Waals surface area contributed by atoms with E-state index in [4.69, 9.17) is 0 Å². The van der Waals surface area contributed by atoms with Crippen LogP contribution in [-0.2, 0) is 4.79 Å². The summed E-state index contributed by atoms with van der Waals surface area (Å²) < 4.78 is 0. The van der Waals surface area contributed by atoms with E-state index in [1.54, 1.807) is 6.92 Å². The molecule has 5 heteroatoms. The van der Waals surface area contributed by atoms with Gasteiger partial charge in [0.1, 0.15) is 0 Å². The van der Waals surface area contributed by atoms with Gasteiger partial charge in [0.05, 0.1) is 12.6 Å². The molecule has 2 rings (SSSR count). The van der Waals surface area contributed by atoms with Crippen LogP contribution in [0.4, 0.5) is 4.79 Å². The van der Waals surface area contributed by atoms with Crippen molar-refractivity contribution in [2.45, 2.75) is 13.0 Å². The first kappa shape index (κ1) is 16.7. The first-order chi connectivity index (χ1) is 11.2. The summed E-state index contributed by atoms with van der Waals surface area (Å²) in [5.41, 5.74) is 2.12. The highest BCUT2D eigenvalue weighted by atomic mass is 16.2. The zero-order valence-corrected chi connectivity index (χ0v) is 13.1. The van der Waals surface area contributed by atoms with Crippen LogP contribution >= 0.6 is 0 Å². The van der Waals surface area contributed by atoms with Gasteiger partial charge in [-0.1, -0.05) is 60.7 Å². The number of imide groups is 1. The summed E-state index contributed by atoms with van der Waals surface area (Å²) in [5, 5.41) is 8.02. The molecule has 120 valence electrons. The SMILES string of the molecule is CCNC(=O)NC(=O)CNC(c1ccccc1)c1ccccc1. The van der Waals surface area contributed by atoms with Gasteiger partial charge >= 0.3 is 6.03 Å². The lowest BCUT2D eigenvalue weighted by Crippen LogP contribution is -2.44. The van der Waals surface area contributed by atoms with Gasteiger partial charge in [0.25, 0.3) is 0 Å². The molecule has 0 radical (unpaired) electrons. The Morgan fingerprint density at radius 3 is 1.91 bits per heavy atom. The fraction of sp³-hybridized carbons (Fsp3) is 0.222. The lowest BCUT2D eigenvalue weighted by molar-refractivity contribution is -0.119. The smallest absolute Gasteiger partial charge is 0.321 e. The Kier molecular flexibility index (Phi) is 6.32. The lowest BCUT2D eigenvalue weighted by Gasteiger charge is -2.19. The number of carbonyl (C=O) groups excluding carboxylic acids is 2. The number of urea groups is 1. The minimum atomic E-state index is -0.477. The van der Waals surface area contributed by atoms with E-state index in [2.05, 4.69) is 16.0 Å². The van der Waals surface area contributed by atoms with E-state index in [1.165, 1.54) is 0 Å². The van der Waals surface area contributed by atoms with E-state index in [0.717, 1.165) is 11.1 Å². The molecule has 0 heterocycles. The highest BCUT2D eigenvalue weighted by Crippen LogP contribution is 2.21. The van der Waals surface area contributed by atoms with Gasteiger partial charge < -0.3 is 5.32 Å². The largest absolute Gasteiger partial charge is 0.338 e. The zero-order chi connectivity index (χ0) is 16.5. The highest BCUT2D eigenvalue weighted by Gasteiger charge is 2.15. The van der Waals surface area contributed by atoms with Gasteiger partial charge in [-0.15, -0.1) is 0 Å². The fourth-order valence-corrected chi connectivity index (χ4v) is 2.29. The van der Waals surface area contributed by atoms with Crippen LogP contribution < -0.4 is 16.0 Å². The van der Waals surface area contributed by atoms with Crippen molar-refractivity contribution in [3.63, 3.8) is 0 Å². The van der Waals surface area contributed by atoms with Crippen LogP contribution in [0.5, 0.6) is 0 Å². The van der Waals surface area contributed by atoms with Crippen LogP contribution in [0.1, 0.15) is 24.1 Å². The Labute approximate surface area is 136 Å². The maximum atomic E-state index is 11.9. The Morgan fingerprint density at radius 2 is 1.43 bits per heavy atom. The number of amides is 3. The average Bonchev–Trinajstić information content (AvgIpc) is 2.57. The molecule has 0 aromatic heterocycles. The van der Waals surface area contributed by atoms with Crippen LogP contribution in [0.3, 0.4) is 0 Å². The van der Waals surface area contributed by atoms with Crippen LogP contribution in [0.15, 0.2) is 60.7 Å². The molecule has 3 N–H and O–H groups in total.